The molecule has 1 aromatic heterocycles. The van der Waals surface area contributed by atoms with Crippen molar-refractivity contribution in [3.8, 4) is 0 Å². The molecule has 0 aromatic carbocycles. The van der Waals surface area contributed by atoms with Gasteiger partial charge in [0.2, 0.25) is 0 Å². The van der Waals surface area contributed by atoms with Gasteiger partial charge in [0, 0.05) is 11.4 Å². The molecule has 0 radical (unpaired) electrons. The number of nitrogens with zero attached hydrogens (tertiary/aromatic N) is 1. The molecule has 1 atom stereocenters. The zero-order chi connectivity index (χ0) is 11.5. The summed E-state index contributed by atoms with van der Waals surface area (Å²) < 4.78 is 0. The number of thiophene rings is 1. The molecule has 1 aliphatic heterocycles. The SMILES string of the molecule is Cc1ccc(C(=O)CN2CCC(CN)C2)s1. The van der Waals surface area contributed by atoms with Gasteiger partial charge in [0.1, 0.15) is 0 Å². The first-order valence-corrected chi connectivity index (χ1v) is 6.52. The van der Waals surface area contributed by atoms with Gasteiger partial charge in [-0.25, -0.2) is 0 Å². The second-order valence-corrected chi connectivity index (χ2v) is 5.75. The Morgan fingerprint density at radius 3 is 3.00 bits per heavy atom. The van der Waals surface area contributed by atoms with Gasteiger partial charge in [-0.3, -0.25) is 9.69 Å². The fourth-order valence-electron chi connectivity index (χ4n) is 2.11. The molecular weight excluding hydrogens is 220 g/mol. The number of hydrogen-bond acceptors (Lipinski definition) is 4. The number of ketones is 1. The zero-order valence-corrected chi connectivity index (χ0v) is 10.4. The standard InChI is InChI=1S/C12H18N2OS/c1-9-2-3-12(16-9)11(15)8-14-5-4-10(6-13)7-14/h2-3,10H,4-8,13H2,1H3. The van der Waals surface area contributed by atoms with Crippen molar-refractivity contribution in [1.82, 2.24) is 4.90 Å². The average Bonchev–Trinajstić information content (AvgIpc) is 2.87. The first kappa shape index (κ1) is 11.8. The number of carbonyl (C=O) groups is 1. The van der Waals surface area contributed by atoms with Crippen molar-refractivity contribution in [1.29, 1.82) is 0 Å². The highest BCUT2D eigenvalue weighted by atomic mass is 32.1. The lowest BCUT2D eigenvalue weighted by Crippen LogP contribution is -2.28. The van der Waals surface area contributed by atoms with E-state index in [0.29, 0.717) is 12.5 Å². The molecule has 1 aliphatic rings. The third-order valence-electron chi connectivity index (χ3n) is 3.09. The predicted molar refractivity (Wildman–Crippen MR) is 67.0 cm³/mol. The van der Waals surface area contributed by atoms with Gasteiger partial charge < -0.3 is 5.73 Å². The summed E-state index contributed by atoms with van der Waals surface area (Å²) in [5.74, 6) is 0.827. The minimum absolute atomic E-state index is 0.246. The summed E-state index contributed by atoms with van der Waals surface area (Å²) in [6.45, 7) is 5.31. The van der Waals surface area contributed by atoms with E-state index in [1.54, 1.807) is 11.3 Å². The minimum Gasteiger partial charge on any atom is -0.330 e. The summed E-state index contributed by atoms with van der Waals surface area (Å²) in [5.41, 5.74) is 5.63. The molecule has 3 nitrogen and oxygen atoms in total. The molecule has 0 bridgehead atoms. The number of aryl methyl sites for hydroxylation is 1. The van der Waals surface area contributed by atoms with Crippen LogP contribution in [0.2, 0.25) is 0 Å². The van der Waals surface area contributed by atoms with Gasteiger partial charge in [-0.15, -0.1) is 11.3 Å². The Balaban J connectivity index is 1.89. The van der Waals surface area contributed by atoms with Crippen molar-refractivity contribution in [2.75, 3.05) is 26.2 Å². The predicted octanol–water partition coefficient (Wildman–Crippen LogP) is 1.52. The van der Waals surface area contributed by atoms with Crippen LogP contribution in [0.5, 0.6) is 0 Å². The number of Topliss-reactive ketones (excluding diaryl/α,β-unsaturated/α-hetero) is 1. The quantitative estimate of drug-likeness (QED) is 0.809. The largest absolute Gasteiger partial charge is 0.330 e. The molecule has 0 spiro atoms. The number of likely N-dealkylation sites (tertiary alicyclic amines) is 1. The van der Waals surface area contributed by atoms with Crippen molar-refractivity contribution >= 4 is 17.1 Å². The van der Waals surface area contributed by atoms with E-state index in [1.165, 1.54) is 4.88 Å². The maximum absolute atomic E-state index is 11.9. The van der Waals surface area contributed by atoms with Crippen LogP contribution in [0.25, 0.3) is 0 Å². The number of carbonyl (C=O) groups excluding carboxylic acids is 1. The van der Waals surface area contributed by atoms with E-state index in [9.17, 15) is 4.79 Å². The fourth-order valence-corrected chi connectivity index (χ4v) is 2.91. The van der Waals surface area contributed by atoms with E-state index in [2.05, 4.69) is 4.90 Å². The topological polar surface area (TPSA) is 46.3 Å². The van der Waals surface area contributed by atoms with Crippen LogP contribution in [0.4, 0.5) is 0 Å². The van der Waals surface area contributed by atoms with E-state index in [0.717, 1.165) is 30.9 Å². The highest BCUT2D eigenvalue weighted by Gasteiger charge is 2.23. The van der Waals surface area contributed by atoms with E-state index >= 15 is 0 Å². The van der Waals surface area contributed by atoms with Crippen LogP contribution in [0.3, 0.4) is 0 Å². The molecule has 0 saturated carbocycles. The zero-order valence-electron chi connectivity index (χ0n) is 9.61. The molecule has 16 heavy (non-hydrogen) atoms. The first-order chi connectivity index (χ1) is 7.69. The Morgan fingerprint density at radius 2 is 2.44 bits per heavy atom. The third kappa shape index (κ3) is 2.70. The maximum atomic E-state index is 11.9. The highest BCUT2D eigenvalue weighted by Crippen LogP contribution is 2.19. The van der Waals surface area contributed by atoms with Crippen molar-refractivity contribution < 1.29 is 4.79 Å². The lowest BCUT2D eigenvalue weighted by Gasteiger charge is -2.13. The normalized spacial score (nSPS) is 21.5. The molecule has 4 heteroatoms. The van der Waals surface area contributed by atoms with Crippen molar-refractivity contribution in [2.45, 2.75) is 13.3 Å². The lowest BCUT2D eigenvalue weighted by molar-refractivity contribution is 0.0947. The Kier molecular flexibility index (Phi) is 3.74. The smallest absolute Gasteiger partial charge is 0.186 e. The van der Waals surface area contributed by atoms with Gasteiger partial charge in [-0.1, -0.05) is 0 Å². The van der Waals surface area contributed by atoms with Gasteiger partial charge in [0.15, 0.2) is 5.78 Å². The Labute approximate surface area is 100 Å². The number of nitrogens with two attached hydrogens (primary N) is 1. The molecule has 0 amide bonds. The van der Waals surface area contributed by atoms with Crippen LogP contribution >= 0.6 is 11.3 Å². The number of hydrogen-bond donors (Lipinski definition) is 1. The van der Waals surface area contributed by atoms with Crippen LogP contribution in [-0.2, 0) is 0 Å². The summed E-state index contributed by atoms with van der Waals surface area (Å²) in [6, 6.07) is 3.93. The summed E-state index contributed by atoms with van der Waals surface area (Å²) in [7, 11) is 0. The molecule has 2 N–H and O–H groups in total. The molecule has 1 aromatic rings. The molecular formula is C12H18N2OS. The Bertz CT molecular complexity index is 375. The summed E-state index contributed by atoms with van der Waals surface area (Å²) >= 11 is 1.58. The van der Waals surface area contributed by atoms with Crippen LogP contribution in [-0.4, -0.2) is 36.9 Å². The monoisotopic (exact) mass is 238 g/mol. The number of rotatable bonds is 4. The van der Waals surface area contributed by atoms with Crippen molar-refractivity contribution in [2.24, 2.45) is 11.7 Å². The summed E-state index contributed by atoms with van der Waals surface area (Å²) in [4.78, 5) is 16.2. The Hall–Kier alpha value is -0.710. The molecule has 1 fully saturated rings. The van der Waals surface area contributed by atoms with Gasteiger partial charge in [0.25, 0.3) is 0 Å². The van der Waals surface area contributed by atoms with E-state index in [1.807, 2.05) is 19.1 Å². The van der Waals surface area contributed by atoms with Crippen LogP contribution < -0.4 is 5.73 Å². The third-order valence-corrected chi connectivity index (χ3v) is 4.13. The summed E-state index contributed by atoms with van der Waals surface area (Å²) in [6.07, 6.45) is 1.13. The van der Waals surface area contributed by atoms with Crippen LogP contribution in [0, 0.1) is 12.8 Å². The van der Waals surface area contributed by atoms with Gasteiger partial charge in [-0.05, 0) is 44.5 Å². The van der Waals surface area contributed by atoms with E-state index in [4.69, 9.17) is 5.73 Å². The van der Waals surface area contributed by atoms with Crippen LogP contribution in [0.15, 0.2) is 12.1 Å². The average molecular weight is 238 g/mol. The highest BCUT2D eigenvalue weighted by molar-refractivity contribution is 7.14. The maximum Gasteiger partial charge on any atom is 0.186 e. The van der Waals surface area contributed by atoms with Crippen molar-refractivity contribution in [3.05, 3.63) is 21.9 Å². The minimum atomic E-state index is 0.246. The fraction of sp³-hybridized carbons (Fsp3) is 0.583. The molecule has 0 aliphatic carbocycles. The lowest BCUT2D eigenvalue weighted by atomic mass is 10.1. The molecule has 2 heterocycles. The van der Waals surface area contributed by atoms with E-state index in [-0.39, 0.29) is 5.78 Å². The Morgan fingerprint density at radius 1 is 1.62 bits per heavy atom. The van der Waals surface area contributed by atoms with E-state index < -0.39 is 0 Å². The molecule has 88 valence electrons. The van der Waals surface area contributed by atoms with Crippen LogP contribution in [0.1, 0.15) is 21.0 Å². The van der Waals surface area contributed by atoms with Gasteiger partial charge in [0.05, 0.1) is 11.4 Å². The molecule has 1 unspecified atom stereocenters. The second-order valence-electron chi connectivity index (χ2n) is 4.46. The van der Waals surface area contributed by atoms with Gasteiger partial charge in [-0.2, -0.15) is 0 Å². The van der Waals surface area contributed by atoms with Crippen molar-refractivity contribution in [3.63, 3.8) is 0 Å². The van der Waals surface area contributed by atoms with Gasteiger partial charge >= 0.3 is 0 Å². The second kappa shape index (κ2) is 5.08. The first-order valence-electron chi connectivity index (χ1n) is 5.71. The summed E-state index contributed by atoms with van der Waals surface area (Å²) in [5, 5.41) is 0. The molecule has 2 rings (SSSR count). The molecule has 1 saturated heterocycles.